The molecule has 2 aromatic rings. The second kappa shape index (κ2) is 6.73. The van der Waals surface area contributed by atoms with Crippen LogP contribution in [0.2, 0.25) is 10.0 Å². The second-order valence-corrected chi connectivity index (χ2v) is 5.00. The quantitative estimate of drug-likeness (QED) is 0.873. The minimum Gasteiger partial charge on any atom is -0.493 e. The van der Waals surface area contributed by atoms with E-state index >= 15 is 0 Å². The molecule has 0 bridgehead atoms. The number of rotatable bonds is 5. The first-order valence-electron chi connectivity index (χ1n) is 6.04. The van der Waals surface area contributed by atoms with Gasteiger partial charge in [-0.1, -0.05) is 23.2 Å². The number of hydrogen-bond donors (Lipinski definition) is 1. The van der Waals surface area contributed by atoms with Crippen molar-refractivity contribution in [3.05, 3.63) is 52.0 Å². The lowest BCUT2D eigenvalue weighted by atomic mass is 10.2. The first-order valence-corrected chi connectivity index (χ1v) is 6.79. The lowest BCUT2D eigenvalue weighted by molar-refractivity contribution is 0.354. The minimum absolute atomic E-state index is 0.584. The first kappa shape index (κ1) is 14.8. The Labute approximate surface area is 128 Å². The molecule has 2 aromatic carbocycles. The second-order valence-electron chi connectivity index (χ2n) is 4.16. The fourth-order valence-corrected chi connectivity index (χ4v) is 2.14. The van der Waals surface area contributed by atoms with Gasteiger partial charge >= 0.3 is 0 Å². The summed E-state index contributed by atoms with van der Waals surface area (Å²) >= 11 is 12.1. The SMILES string of the molecule is COc1cc(Cl)c(CNc2ccc(Cl)cc2)cc1OC. The molecule has 0 amide bonds. The molecule has 1 N–H and O–H groups in total. The monoisotopic (exact) mass is 311 g/mol. The molecule has 0 atom stereocenters. The highest BCUT2D eigenvalue weighted by Gasteiger charge is 2.09. The van der Waals surface area contributed by atoms with Gasteiger partial charge in [-0.25, -0.2) is 0 Å². The number of nitrogens with one attached hydrogen (secondary N) is 1. The summed E-state index contributed by atoms with van der Waals surface area (Å²) in [5, 5.41) is 4.62. The van der Waals surface area contributed by atoms with Gasteiger partial charge in [0.1, 0.15) is 0 Å². The molecule has 5 heteroatoms. The van der Waals surface area contributed by atoms with Crippen LogP contribution in [0, 0.1) is 0 Å². The Balaban J connectivity index is 2.14. The van der Waals surface area contributed by atoms with Gasteiger partial charge in [0.2, 0.25) is 0 Å². The molecule has 0 aliphatic rings. The van der Waals surface area contributed by atoms with E-state index in [1.807, 2.05) is 30.3 Å². The standard InChI is InChI=1S/C15H15Cl2NO2/c1-19-14-7-10(13(17)8-15(14)20-2)9-18-12-5-3-11(16)4-6-12/h3-8,18H,9H2,1-2H3. The van der Waals surface area contributed by atoms with Gasteiger partial charge in [0.15, 0.2) is 11.5 Å². The van der Waals surface area contributed by atoms with Crippen molar-refractivity contribution in [2.75, 3.05) is 19.5 Å². The summed E-state index contributed by atoms with van der Waals surface area (Å²) < 4.78 is 10.5. The smallest absolute Gasteiger partial charge is 0.162 e. The Morgan fingerprint density at radius 1 is 0.950 bits per heavy atom. The van der Waals surface area contributed by atoms with E-state index in [0.29, 0.717) is 28.1 Å². The molecule has 0 aliphatic heterocycles. The molecule has 0 radical (unpaired) electrons. The van der Waals surface area contributed by atoms with Crippen LogP contribution in [-0.2, 0) is 6.54 Å². The maximum atomic E-state index is 6.23. The zero-order valence-corrected chi connectivity index (χ0v) is 12.8. The summed E-state index contributed by atoms with van der Waals surface area (Å²) in [7, 11) is 3.18. The van der Waals surface area contributed by atoms with E-state index in [1.54, 1.807) is 20.3 Å². The molecule has 0 spiro atoms. The Kier molecular flexibility index (Phi) is 4.99. The fraction of sp³-hybridized carbons (Fsp3) is 0.200. The Hall–Kier alpha value is -1.58. The van der Waals surface area contributed by atoms with E-state index in [-0.39, 0.29) is 0 Å². The lowest BCUT2D eigenvalue weighted by Crippen LogP contribution is -2.01. The zero-order valence-electron chi connectivity index (χ0n) is 11.2. The molecule has 2 rings (SSSR count). The van der Waals surface area contributed by atoms with Crippen molar-refractivity contribution >= 4 is 28.9 Å². The number of benzene rings is 2. The van der Waals surface area contributed by atoms with Gasteiger partial charge in [-0.2, -0.15) is 0 Å². The molecule has 0 fully saturated rings. The van der Waals surface area contributed by atoms with Crippen molar-refractivity contribution in [2.45, 2.75) is 6.54 Å². The van der Waals surface area contributed by atoms with Crippen molar-refractivity contribution in [2.24, 2.45) is 0 Å². The van der Waals surface area contributed by atoms with Crippen LogP contribution in [-0.4, -0.2) is 14.2 Å². The van der Waals surface area contributed by atoms with Crippen LogP contribution in [0.5, 0.6) is 11.5 Å². The molecule has 0 aliphatic carbocycles. The van der Waals surface area contributed by atoms with Crippen molar-refractivity contribution in [3.8, 4) is 11.5 Å². The van der Waals surface area contributed by atoms with Crippen LogP contribution in [0.3, 0.4) is 0 Å². The largest absolute Gasteiger partial charge is 0.493 e. The Bertz CT molecular complexity index is 585. The van der Waals surface area contributed by atoms with Crippen molar-refractivity contribution in [1.82, 2.24) is 0 Å². The summed E-state index contributed by atoms with van der Waals surface area (Å²) in [6, 6.07) is 11.1. The van der Waals surface area contributed by atoms with Crippen LogP contribution in [0.25, 0.3) is 0 Å². The van der Waals surface area contributed by atoms with E-state index in [0.717, 1.165) is 11.3 Å². The van der Waals surface area contributed by atoms with E-state index < -0.39 is 0 Å². The predicted molar refractivity (Wildman–Crippen MR) is 83.3 cm³/mol. The lowest BCUT2D eigenvalue weighted by Gasteiger charge is -2.13. The molecule has 0 aromatic heterocycles. The normalized spacial score (nSPS) is 10.2. The van der Waals surface area contributed by atoms with E-state index in [2.05, 4.69) is 5.32 Å². The highest BCUT2D eigenvalue weighted by Crippen LogP contribution is 2.33. The van der Waals surface area contributed by atoms with Gasteiger partial charge in [0.05, 0.1) is 14.2 Å². The molecule has 0 saturated carbocycles. The summed E-state index contributed by atoms with van der Waals surface area (Å²) in [5.41, 5.74) is 1.90. The minimum atomic E-state index is 0.584. The number of ether oxygens (including phenoxy) is 2. The van der Waals surface area contributed by atoms with Crippen LogP contribution >= 0.6 is 23.2 Å². The van der Waals surface area contributed by atoms with Crippen LogP contribution in [0.15, 0.2) is 36.4 Å². The van der Waals surface area contributed by atoms with Crippen LogP contribution in [0.1, 0.15) is 5.56 Å². The summed E-state index contributed by atoms with van der Waals surface area (Å²) in [5.74, 6) is 1.28. The fourth-order valence-electron chi connectivity index (χ4n) is 1.80. The molecule has 0 heterocycles. The van der Waals surface area contributed by atoms with Gasteiger partial charge in [-0.3, -0.25) is 0 Å². The average molecular weight is 312 g/mol. The zero-order chi connectivity index (χ0) is 14.5. The molecular weight excluding hydrogens is 297 g/mol. The third-order valence-electron chi connectivity index (χ3n) is 2.88. The van der Waals surface area contributed by atoms with Crippen molar-refractivity contribution in [3.63, 3.8) is 0 Å². The summed E-state index contributed by atoms with van der Waals surface area (Å²) in [6.45, 7) is 0.584. The van der Waals surface area contributed by atoms with Gasteiger partial charge in [-0.15, -0.1) is 0 Å². The van der Waals surface area contributed by atoms with Crippen LogP contribution in [0.4, 0.5) is 5.69 Å². The number of hydrogen-bond acceptors (Lipinski definition) is 3. The maximum absolute atomic E-state index is 6.23. The third kappa shape index (κ3) is 3.50. The van der Waals surface area contributed by atoms with Gasteiger partial charge < -0.3 is 14.8 Å². The molecule has 20 heavy (non-hydrogen) atoms. The van der Waals surface area contributed by atoms with Crippen LogP contribution < -0.4 is 14.8 Å². The highest BCUT2D eigenvalue weighted by atomic mass is 35.5. The number of anilines is 1. The third-order valence-corrected chi connectivity index (χ3v) is 3.48. The van der Waals surface area contributed by atoms with Gasteiger partial charge in [0.25, 0.3) is 0 Å². The molecule has 3 nitrogen and oxygen atoms in total. The van der Waals surface area contributed by atoms with Gasteiger partial charge in [-0.05, 0) is 35.9 Å². The van der Waals surface area contributed by atoms with Crippen molar-refractivity contribution in [1.29, 1.82) is 0 Å². The predicted octanol–water partition coefficient (Wildman–Crippen LogP) is 4.62. The summed E-state index contributed by atoms with van der Waals surface area (Å²) in [4.78, 5) is 0. The number of methoxy groups -OCH3 is 2. The van der Waals surface area contributed by atoms with E-state index in [9.17, 15) is 0 Å². The number of halogens is 2. The van der Waals surface area contributed by atoms with E-state index in [1.165, 1.54) is 0 Å². The Morgan fingerprint density at radius 3 is 2.15 bits per heavy atom. The first-order chi connectivity index (χ1) is 9.63. The average Bonchev–Trinajstić information content (AvgIpc) is 2.47. The summed E-state index contributed by atoms with van der Waals surface area (Å²) in [6.07, 6.45) is 0. The molecule has 106 valence electrons. The molecule has 0 unspecified atom stereocenters. The molecular formula is C15H15Cl2NO2. The molecule has 0 saturated heterocycles. The topological polar surface area (TPSA) is 30.5 Å². The highest BCUT2D eigenvalue weighted by molar-refractivity contribution is 6.31. The van der Waals surface area contributed by atoms with E-state index in [4.69, 9.17) is 32.7 Å². The maximum Gasteiger partial charge on any atom is 0.162 e. The van der Waals surface area contributed by atoms with Gasteiger partial charge in [0, 0.05) is 28.3 Å². The Morgan fingerprint density at radius 2 is 1.55 bits per heavy atom. The van der Waals surface area contributed by atoms with Crippen molar-refractivity contribution < 1.29 is 9.47 Å².